The van der Waals surface area contributed by atoms with Crippen LogP contribution >= 0.6 is 22.9 Å². The Hall–Kier alpha value is -1.93. The number of thiophene rings is 1. The van der Waals surface area contributed by atoms with Crippen molar-refractivity contribution in [3.05, 3.63) is 50.7 Å². The van der Waals surface area contributed by atoms with Crippen LogP contribution in [0, 0.1) is 0 Å². The largest absolute Gasteiger partial charge is 0.351 e. The summed E-state index contributed by atoms with van der Waals surface area (Å²) in [7, 11) is 1.78. The molecule has 2 aromatic rings. The molecule has 0 spiro atoms. The summed E-state index contributed by atoms with van der Waals surface area (Å²) < 4.78 is 12.5. The number of nitrogens with zero attached hydrogens (tertiary/aromatic N) is 1. The topological polar surface area (TPSA) is 67.9 Å². The van der Waals surface area contributed by atoms with Crippen LogP contribution in [0.25, 0.3) is 0 Å². The molecule has 8 heteroatoms. The van der Waals surface area contributed by atoms with Crippen molar-refractivity contribution in [2.24, 2.45) is 0 Å². The molecule has 1 saturated heterocycles. The molecule has 1 aromatic carbocycles. The monoisotopic (exact) mass is 406 g/mol. The second-order valence-corrected chi connectivity index (χ2v) is 8.25. The average molecular weight is 407 g/mol. The highest BCUT2D eigenvalue weighted by Crippen LogP contribution is 2.38. The summed E-state index contributed by atoms with van der Waals surface area (Å²) in [6, 6.07) is 9.24. The van der Waals surface area contributed by atoms with E-state index in [0.717, 1.165) is 16.8 Å². The highest BCUT2D eigenvalue weighted by atomic mass is 35.5. The number of fused-ring (bicyclic) bond motifs is 1. The molecule has 2 aliphatic rings. The van der Waals surface area contributed by atoms with Gasteiger partial charge in [0, 0.05) is 31.3 Å². The van der Waals surface area contributed by atoms with Crippen LogP contribution < -0.4 is 10.2 Å². The Bertz CT molecular complexity index is 892. The Morgan fingerprint density at radius 1 is 1.30 bits per heavy atom. The smallest absolute Gasteiger partial charge is 0.261 e. The number of likely N-dealkylation sites (N-methyl/N-ethyl adjacent to an activating group) is 1. The van der Waals surface area contributed by atoms with Gasteiger partial charge in [0.25, 0.3) is 5.91 Å². The summed E-state index contributed by atoms with van der Waals surface area (Å²) in [6.07, 6.45) is 0.853. The van der Waals surface area contributed by atoms with Gasteiger partial charge >= 0.3 is 0 Å². The fourth-order valence-electron chi connectivity index (χ4n) is 3.48. The van der Waals surface area contributed by atoms with Crippen molar-refractivity contribution >= 4 is 40.4 Å². The summed E-state index contributed by atoms with van der Waals surface area (Å²) in [5.74, 6) is -0.993. The van der Waals surface area contributed by atoms with E-state index in [1.54, 1.807) is 24.1 Å². The van der Waals surface area contributed by atoms with Crippen LogP contribution in [0.1, 0.15) is 27.2 Å². The third kappa shape index (κ3) is 3.48. The van der Waals surface area contributed by atoms with Gasteiger partial charge in [0.1, 0.15) is 0 Å². The lowest BCUT2D eigenvalue weighted by Crippen LogP contribution is -2.34. The van der Waals surface area contributed by atoms with Crippen molar-refractivity contribution in [1.82, 2.24) is 5.32 Å². The van der Waals surface area contributed by atoms with Crippen molar-refractivity contribution in [1.29, 1.82) is 0 Å². The first-order valence-corrected chi connectivity index (χ1v) is 9.89. The van der Waals surface area contributed by atoms with Crippen LogP contribution in [0.3, 0.4) is 0 Å². The van der Waals surface area contributed by atoms with Crippen molar-refractivity contribution in [3.8, 4) is 0 Å². The molecule has 3 heterocycles. The van der Waals surface area contributed by atoms with E-state index in [-0.39, 0.29) is 11.8 Å². The fourth-order valence-corrected chi connectivity index (χ4v) is 4.44. The van der Waals surface area contributed by atoms with Crippen LogP contribution in [0.5, 0.6) is 0 Å². The van der Waals surface area contributed by atoms with Crippen molar-refractivity contribution in [3.63, 3.8) is 0 Å². The van der Waals surface area contributed by atoms with E-state index in [2.05, 4.69) is 5.32 Å². The van der Waals surface area contributed by atoms with Gasteiger partial charge in [-0.3, -0.25) is 9.59 Å². The maximum absolute atomic E-state index is 12.2. The van der Waals surface area contributed by atoms with Gasteiger partial charge in [-0.25, -0.2) is 0 Å². The van der Waals surface area contributed by atoms with Crippen LogP contribution in [0.15, 0.2) is 30.3 Å². The highest BCUT2D eigenvalue weighted by Gasteiger charge is 2.39. The van der Waals surface area contributed by atoms with Crippen molar-refractivity contribution < 1.29 is 19.1 Å². The zero-order chi connectivity index (χ0) is 19.0. The molecule has 0 saturated carbocycles. The molecule has 0 radical (unpaired) electrons. The molecule has 0 unspecified atom stereocenters. The Kier molecular flexibility index (Phi) is 4.94. The summed E-state index contributed by atoms with van der Waals surface area (Å²) in [6.45, 7) is 1.37. The van der Waals surface area contributed by atoms with Crippen LogP contribution in [0.2, 0.25) is 4.34 Å². The fraction of sp³-hybridized carbons (Fsp3) is 0.368. The molecular formula is C19H19ClN2O4S. The van der Waals surface area contributed by atoms with E-state index in [1.807, 2.05) is 18.2 Å². The second kappa shape index (κ2) is 7.24. The van der Waals surface area contributed by atoms with Gasteiger partial charge in [0.2, 0.25) is 5.91 Å². The predicted octanol–water partition coefficient (Wildman–Crippen LogP) is 2.94. The lowest BCUT2D eigenvalue weighted by molar-refractivity contribution is -0.169. The van der Waals surface area contributed by atoms with E-state index >= 15 is 0 Å². The molecule has 142 valence electrons. The summed E-state index contributed by atoms with van der Waals surface area (Å²) >= 11 is 7.12. The molecule has 6 nitrogen and oxygen atoms in total. The number of carbonyl (C=O) groups excluding carboxylic acids is 2. The number of anilines is 1. The molecule has 1 aromatic heterocycles. The average Bonchev–Trinajstić information content (AvgIpc) is 3.36. The lowest BCUT2D eigenvalue weighted by atomic mass is 9.98. The molecule has 0 aliphatic carbocycles. The SMILES string of the molecule is CN1C(=O)Cc2cc(C3(CCNC(=O)c4ccc(Cl)s4)OCCO3)ccc21. The van der Waals surface area contributed by atoms with Gasteiger partial charge in [0.15, 0.2) is 5.79 Å². The van der Waals surface area contributed by atoms with Crippen molar-refractivity contribution in [2.75, 3.05) is 31.7 Å². The van der Waals surface area contributed by atoms with Gasteiger partial charge in [-0.05, 0) is 29.8 Å². The number of halogens is 1. The molecule has 0 atom stereocenters. The Morgan fingerprint density at radius 2 is 2.07 bits per heavy atom. The minimum atomic E-state index is -0.903. The van der Waals surface area contributed by atoms with E-state index < -0.39 is 5.79 Å². The zero-order valence-corrected chi connectivity index (χ0v) is 16.4. The number of hydrogen-bond acceptors (Lipinski definition) is 5. The van der Waals surface area contributed by atoms with Crippen LogP contribution in [-0.4, -0.2) is 38.6 Å². The normalized spacial score (nSPS) is 18.0. The number of ether oxygens (including phenoxy) is 2. The highest BCUT2D eigenvalue weighted by molar-refractivity contribution is 7.17. The Morgan fingerprint density at radius 3 is 2.78 bits per heavy atom. The van der Waals surface area contributed by atoms with Gasteiger partial charge in [-0.15, -0.1) is 11.3 Å². The first kappa shape index (κ1) is 18.4. The summed E-state index contributed by atoms with van der Waals surface area (Å²) in [5.41, 5.74) is 2.76. The third-order valence-corrected chi connectivity index (χ3v) is 6.12. The van der Waals surface area contributed by atoms with Crippen LogP contribution in [0.4, 0.5) is 5.69 Å². The molecular weight excluding hydrogens is 388 g/mol. The van der Waals surface area contributed by atoms with E-state index in [0.29, 0.717) is 41.8 Å². The van der Waals surface area contributed by atoms with E-state index in [1.165, 1.54) is 11.3 Å². The van der Waals surface area contributed by atoms with Gasteiger partial charge in [-0.1, -0.05) is 17.7 Å². The number of amides is 2. The minimum Gasteiger partial charge on any atom is -0.351 e. The first-order chi connectivity index (χ1) is 13.0. The molecule has 1 fully saturated rings. The lowest BCUT2D eigenvalue weighted by Gasteiger charge is -2.28. The number of rotatable bonds is 5. The molecule has 4 rings (SSSR count). The van der Waals surface area contributed by atoms with E-state index in [4.69, 9.17) is 21.1 Å². The molecule has 2 amide bonds. The quantitative estimate of drug-likeness (QED) is 0.829. The third-order valence-electron chi connectivity index (χ3n) is 4.89. The summed E-state index contributed by atoms with van der Waals surface area (Å²) in [4.78, 5) is 26.4. The Balaban J connectivity index is 1.48. The van der Waals surface area contributed by atoms with Gasteiger partial charge < -0.3 is 19.7 Å². The molecule has 0 bridgehead atoms. The maximum atomic E-state index is 12.2. The number of nitrogens with one attached hydrogen (secondary N) is 1. The number of carbonyl (C=O) groups is 2. The zero-order valence-electron chi connectivity index (χ0n) is 14.8. The molecule has 2 aliphatic heterocycles. The van der Waals surface area contributed by atoms with Gasteiger partial charge in [-0.2, -0.15) is 0 Å². The maximum Gasteiger partial charge on any atom is 0.261 e. The van der Waals surface area contributed by atoms with Gasteiger partial charge in [0.05, 0.1) is 28.8 Å². The standard InChI is InChI=1S/C19H19ClN2O4S/c1-22-14-3-2-13(10-12(14)11-17(22)23)19(25-8-9-26-19)6-7-21-18(24)15-4-5-16(20)27-15/h2-5,10H,6-9,11H2,1H3,(H,21,24). The van der Waals surface area contributed by atoms with E-state index in [9.17, 15) is 9.59 Å². The van der Waals surface area contributed by atoms with Crippen LogP contribution in [-0.2, 0) is 26.5 Å². The predicted molar refractivity (Wildman–Crippen MR) is 103 cm³/mol. The first-order valence-electron chi connectivity index (χ1n) is 8.70. The summed E-state index contributed by atoms with van der Waals surface area (Å²) in [5, 5.41) is 2.89. The molecule has 27 heavy (non-hydrogen) atoms. The Labute approximate surface area is 166 Å². The second-order valence-electron chi connectivity index (χ2n) is 6.53. The minimum absolute atomic E-state index is 0.0753. The van der Waals surface area contributed by atoms with Crippen molar-refractivity contribution in [2.45, 2.75) is 18.6 Å². The molecule has 1 N–H and O–H groups in total. The number of benzene rings is 1. The number of hydrogen-bond donors (Lipinski definition) is 1.